The summed E-state index contributed by atoms with van der Waals surface area (Å²) < 4.78 is 5.76. The molecule has 1 unspecified atom stereocenters. The number of fused-ring (bicyclic) bond motifs is 1. The van der Waals surface area contributed by atoms with Crippen LogP contribution in [0.1, 0.15) is 11.1 Å². The molecule has 10 heteroatoms. The van der Waals surface area contributed by atoms with E-state index >= 15 is 0 Å². The van der Waals surface area contributed by atoms with Crippen molar-refractivity contribution in [1.82, 2.24) is 14.5 Å². The number of carbonyl (C=O) groups is 1. The van der Waals surface area contributed by atoms with Crippen molar-refractivity contribution in [3.63, 3.8) is 0 Å². The molecular weight excluding hydrogens is 448 g/mol. The summed E-state index contributed by atoms with van der Waals surface area (Å²) in [4.78, 5) is 46.6. The van der Waals surface area contributed by atoms with Gasteiger partial charge in [0.15, 0.2) is 6.04 Å². The van der Waals surface area contributed by atoms with Crippen molar-refractivity contribution in [3.8, 4) is 11.6 Å². The van der Waals surface area contributed by atoms with Crippen molar-refractivity contribution < 1.29 is 14.6 Å². The van der Waals surface area contributed by atoms with E-state index in [0.29, 0.717) is 5.02 Å². The Balaban J connectivity index is 1.73. The van der Waals surface area contributed by atoms with Crippen LogP contribution in [0.4, 0.5) is 0 Å². The molecule has 3 N–H and O–H groups in total. The van der Waals surface area contributed by atoms with Crippen molar-refractivity contribution in [2.45, 2.75) is 12.5 Å². The highest BCUT2D eigenvalue weighted by Crippen LogP contribution is 2.21. The second-order valence-electron chi connectivity index (χ2n) is 7.19. The summed E-state index contributed by atoms with van der Waals surface area (Å²) in [6, 6.07) is 12.8. The maximum absolute atomic E-state index is 12.4. The lowest BCUT2D eigenvalue weighted by atomic mass is 10.1. The van der Waals surface area contributed by atoms with Crippen LogP contribution in [0.15, 0.2) is 69.3 Å². The summed E-state index contributed by atoms with van der Waals surface area (Å²) >= 11 is 5.98. The molecule has 0 spiro atoms. The Kier molecular flexibility index (Phi) is 6.14. The number of benzene rings is 2. The molecule has 0 aliphatic carbocycles. The number of ether oxygens (including phenoxy) is 1. The molecular formula is C23H19ClN4O5. The van der Waals surface area contributed by atoms with Crippen LogP contribution in [0.5, 0.6) is 5.88 Å². The van der Waals surface area contributed by atoms with Crippen LogP contribution in [0.3, 0.4) is 0 Å². The maximum Gasteiger partial charge on any atom is 0.335 e. The molecule has 168 valence electrons. The summed E-state index contributed by atoms with van der Waals surface area (Å²) in [7, 11) is 1.24. The number of esters is 1. The molecule has 0 fully saturated rings. The highest BCUT2D eigenvalue weighted by Gasteiger charge is 2.21. The number of para-hydroxylation sites is 1. The standard InChI is InChI=1S/C23H19ClN4O5/c1-33-22(31)19(9-13-11-25-18-8-3-2-7-16(13)18)26-12-17-20(29)27-23(32)28(21(17)30)15-6-4-5-14(24)10-15/h2-8,10-12,19,25,30H,9H2,1H3,(H,27,29,32). The van der Waals surface area contributed by atoms with E-state index in [1.54, 1.807) is 24.4 Å². The van der Waals surface area contributed by atoms with Gasteiger partial charge < -0.3 is 14.8 Å². The molecule has 2 aromatic carbocycles. The lowest BCUT2D eigenvalue weighted by Gasteiger charge is -2.11. The number of rotatable bonds is 6. The quantitative estimate of drug-likeness (QED) is 0.297. The minimum absolute atomic E-state index is 0.194. The Bertz CT molecular complexity index is 1480. The van der Waals surface area contributed by atoms with Gasteiger partial charge in [0.25, 0.3) is 5.56 Å². The number of hydrogen-bond donors (Lipinski definition) is 3. The smallest absolute Gasteiger partial charge is 0.335 e. The number of aliphatic imine (C=N–C) groups is 1. The molecule has 0 aliphatic heterocycles. The second-order valence-corrected chi connectivity index (χ2v) is 7.63. The van der Waals surface area contributed by atoms with Gasteiger partial charge in [0, 0.05) is 34.8 Å². The maximum atomic E-state index is 12.4. The SMILES string of the molecule is COC(=O)C(Cc1c[nH]c2ccccc12)N=Cc1c(O)n(-c2cccc(Cl)c2)c(=O)[nH]c1=O. The molecule has 4 aromatic rings. The fourth-order valence-corrected chi connectivity index (χ4v) is 3.70. The molecule has 2 aromatic heterocycles. The van der Waals surface area contributed by atoms with Gasteiger partial charge in [-0.2, -0.15) is 0 Å². The molecule has 0 amide bonds. The molecule has 0 aliphatic rings. The highest BCUT2D eigenvalue weighted by atomic mass is 35.5. The van der Waals surface area contributed by atoms with E-state index in [1.807, 2.05) is 24.3 Å². The van der Waals surface area contributed by atoms with E-state index in [1.165, 1.54) is 13.2 Å². The molecule has 9 nitrogen and oxygen atoms in total. The minimum Gasteiger partial charge on any atom is -0.493 e. The Labute approximate surface area is 192 Å². The first-order valence-corrected chi connectivity index (χ1v) is 10.3. The molecule has 0 bridgehead atoms. The average molecular weight is 467 g/mol. The van der Waals surface area contributed by atoms with Gasteiger partial charge in [0.05, 0.1) is 12.8 Å². The monoisotopic (exact) mass is 466 g/mol. The molecule has 4 rings (SSSR count). The summed E-state index contributed by atoms with van der Waals surface area (Å²) in [5.74, 6) is -1.25. The molecule has 33 heavy (non-hydrogen) atoms. The number of aromatic nitrogens is 3. The van der Waals surface area contributed by atoms with E-state index in [4.69, 9.17) is 16.3 Å². The fourth-order valence-electron chi connectivity index (χ4n) is 3.52. The van der Waals surface area contributed by atoms with Gasteiger partial charge in [-0.15, -0.1) is 0 Å². The van der Waals surface area contributed by atoms with Gasteiger partial charge in [0.2, 0.25) is 5.88 Å². The Morgan fingerprint density at radius 1 is 1.24 bits per heavy atom. The van der Waals surface area contributed by atoms with Crippen molar-refractivity contribution >= 4 is 34.7 Å². The minimum atomic E-state index is -0.987. The largest absolute Gasteiger partial charge is 0.493 e. The Morgan fingerprint density at radius 2 is 2.03 bits per heavy atom. The van der Waals surface area contributed by atoms with Gasteiger partial charge in [-0.3, -0.25) is 14.8 Å². The van der Waals surface area contributed by atoms with Crippen LogP contribution >= 0.6 is 11.6 Å². The van der Waals surface area contributed by atoms with Crippen LogP contribution < -0.4 is 11.2 Å². The van der Waals surface area contributed by atoms with Crippen LogP contribution in [0.25, 0.3) is 16.6 Å². The van der Waals surface area contributed by atoms with E-state index in [-0.39, 0.29) is 17.7 Å². The molecule has 0 saturated carbocycles. The summed E-state index contributed by atoms with van der Waals surface area (Å²) in [6.45, 7) is 0. The normalized spacial score (nSPS) is 12.3. The van der Waals surface area contributed by atoms with Gasteiger partial charge in [-0.25, -0.2) is 14.2 Å². The third-order valence-electron chi connectivity index (χ3n) is 5.13. The van der Waals surface area contributed by atoms with Gasteiger partial charge in [0.1, 0.15) is 5.56 Å². The summed E-state index contributed by atoms with van der Waals surface area (Å²) in [5.41, 5.74) is 0.0000394. The first kappa shape index (κ1) is 22.1. The molecule has 0 radical (unpaired) electrons. The average Bonchev–Trinajstić information content (AvgIpc) is 3.20. The summed E-state index contributed by atoms with van der Waals surface area (Å²) in [5, 5.41) is 12.0. The Morgan fingerprint density at radius 3 is 2.79 bits per heavy atom. The van der Waals surface area contributed by atoms with Gasteiger partial charge in [-0.1, -0.05) is 35.9 Å². The fraction of sp³-hybridized carbons (Fsp3) is 0.130. The van der Waals surface area contributed by atoms with Gasteiger partial charge >= 0.3 is 11.7 Å². The summed E-state index contributed by atoms with van der Waals surface area (Å²) in [6.07, 6.45) is 3.03. The highest BCUT2D eigenvalue weighted by molar-refractivity contribution is 6.30. The lowest BCUT2D eigenvalue weighted by Crippen LogP contribution is -2.31. The number of methoxy groups -OCH3 is 1. The first-order chi connectivity index (χ1) is 15.9. The predicted molar refractivity (Wildman–Crippen MR) is 125 cm³/mol. The van der Waals surface area contributed by atoms with Crippen LogP contribution in [-0.2, 0) is 16.0 Å². The molecule has 1 atom stereocenters. The molecule has 0 saturated heterocycles. The lowest BCUT2D eigenvalue weighted by molar-refractivity contribution is -0.142. The van der Waals surface area contributed by atoms with Crippen molar-refractivity contribution in [2.24, 2.45) is 4.99 Å². The number of aromatic amines is 2. The van der Waals surface area contributed by atoms with E-state index < -0.39 is 29.1 Å². The van der Waals surface area contributed by atoms with E-state index in [0.717, 1.165) is 27.2 Å². The van der Waals surface area contributed by atoms with Crippen molar-refractivity contribution in [3.05, 3.63) is 91.7 Å². The predicted octanol–water partition coefficient (Wildman–Crippen LogP) is 2.57. The molecule has 2 heterocycles. The van der Waals surface area contributed by atoms with Gasteiger partial charge in [-0.05, 0) is 29.8 Å². The number of hydrogen-bond acceptors (Lipinski definition) is 6. The third kappa shape index (κ3) is 4.44. The van der Waals surface area contributed by atoms with Crippen LogP contribution in [0, 0.1) is 0 Å². The first-order valence-electron chi connectivity index (χ1n) is 9.89. The number of carbonyl (C=O) groups excluding carboxylic acids is 1. The number of nitrogens with zero attached hydrogens (tertiary/aromatic N) is 2. The number of halogens is 1. The second kappa shape index (κ2) is 9.17. The number of nitrogens with one attached hydrogen (secondary N) is 2. The number of H-pyrrole nitrogens is 2. The van der Waals surface area contributed by atoms with Crippen LogP contribution in [0.2, 0.25) is 5.02 Å². The third-order valence-corrected chi connectivity index (χ3v) is 5.37. The van der Waals surface area contributed by atoms with Crippen molar-refractivity contribution in [1.29, 1.82) is 0 Å². The van der Waals surface area contributed by atoms with Crippen LogP contribution in [-0.4, -0.2) is 45.0 Å². The number of aromatic hydroxyl groups is 1. The zero-order valence-corrected chi connectivity index (χ0v) is 18.2. The van der Waals surface area contributed by atoms with Crippen molar-refractivity contribution in [2.75, 3.05) is 7.11 Å². The zero-order chi connectivity index (χ0) is 23.5. The van der Waals surface area contributed by atoms with E-state index in [9.17, 15) is 19.5 Å². The topological polar surface area (TPSA) is 130 Å². The zero-order valence-electron chi connectivity index (χ0n) is 17.4. The van der Waals surface area contributed by atoms with E-state index in [2.05, 4.69) is 15.0 Å². The Hall–Kier alpha value is -4.11.